The first-order chi connectivity index (χ1) is 10.5. The van der Waals surface area contributed by atoms with Crippen molar-refractivity contribution >= 4 is 0 Å². The van der Waals surface area contributed by atoms with Crippen molar-refractivity contribution in [3.05, 3.63) is 51.5 Å². The highest BCUT2D eigenvalue weighted by molar-refractivity contribution is 5.28. The minimum Gasteiger partial charge on any atom is -0.387 e. The second-order valence-electron chi connectivity index (χ2n) is 5.73. The van der Waals surface area contributed by atoms with Crippen molar-refractivity contribution in [1.29, 1.82) is 0 Å². The minimum atomic E-state index is -0.692. The topological polar surface area (TPSA) is 63.3 Å². The maximum Gasteiger partial charge on any atom is 0.345 e. The predicted molar refractivity (Wildman–Crippen MR) is 78.8 cm³/mol. The smallest absolute Gasteiger partial charge is 0.345 e. The highest BCUT2D eigenvalue weighted by atomic mass is 19.1. The van der Waals surface area contributed by atoms with Gasteiger partial charge in [0.1, 0.15) is 11.6 Å². The van der Waals surface area contributed by atoms with E-state index in [1.54, 1.807) is 24.6 Å². The minimum absolute atomic E-state index is 0.107. The van der Waals surface area contributed by atoms with Gasteiger partial charge in [0, 0.05) is 26.7 Å². The van der Waals surface area contributed by atoms with E-state index < -0.39 is 6.10 Å². The Balaban J connectivity index is 1.73. The molecule has 0 saturated heterocycles. The van der Waals surface area contributed by atoms with E-state index in [9.17, 15) is 14.3 Å². The summed E-state index contributed by atoms with van der Waals surface area (Å²) in [5.74, 6) is 0.408. The summed E-state index contributed by atoms with van der Waals surface area (Å²) >= 11 is 0. The van der Waals surface area contributed by atoms with E-state index in [4.69, 9.17) is 0 Å². The molecule has 1 N–H and O–H groups in total. The molecule has 1 aliphatic rings. The van der Waals surface area contributed by atoms with E-state index in [0.717, 1.165) is 11.1 Å². The third-order valence-electron chi connectivity index (χ3n) is 4.11. The van der Waals surface area contributed by atoms with E-state index in [2.05, 4.69) is 10.00 Å². The Hall–Kier alpha value is -1.99. The van der Waals surface area contributed by atoms with E-state index in [0.29, 0.717) is 32.0 Å². The number of aliphatic hydroxyl groups is 1. The van der Waals surface area contributed by atoms with Crippen molar-refractivity contribution in [2.75, 3.05) is 13.1 Å². The molecule has 3 rings (SSSR count). The predicted octanol–water partition coefficient (Wildman–Crippen LogP) is 0.579. The average molecular weight is 306 g/mol. The quantitative estimate of drug-likeness (QED) is 0.901. The molecule has 1 aromatic carbocycles. The Bertz CT molecular complexity index is 752. The van der Waals surface area contributed by atoms with Gasteiger partial charge in [0.25, 0.3) is 0 Å². The zero-order valence-corrected chi connectivity index (χ0v) is 12.7. The number of aryl methyl sites for hydroxylation is 2. The van der Waals surface area contributed by atoms with E-state index in [1.807, 2.05) is 0 Å². The van der Waals surface area contributed by atoms with Gasteiger partial charge in [-0.1, -0.05) is 6.07 Å². The van der Waals surface area contributed by atoms with Gasteiger partial charge in [-0.05, 0) is 30.2 Å². The summed E-state index contributed by atoms with van der Waals surface area (Å²) in [6, 6.07) is 4.40. The molecule has 118 valence electrons. The maximum atomic E-state index is 13.1. The summed E-state index contributed by atoms with van der Waals surface area (Å²) in [4.78, 5) is 13.9. The number of hydrogen-bond donors (Lipinski definition) is 1. The molecule has 1 aromatic heterocycles. The summed E-state index contributed by atoms with van der Waals surface area (Å²) in [5, 5.41) is 14.6. The first-order valence-corrected chi connectivity index (χ1v) is 7.25. The molecule has 1 atom stereocenters. The first kappa shape index (κ1) is 14.9. The molecule has 0 amide bonds. The molecule has 22 heavy (non-hydrogen) atoms. The molecule has 1 aliphatic heterocycles. The SMILES string of the molecule is Cc1cc(F)ccc1C(O)CN1CCn2c(nn(C)c2=O)C1. The van der Waals surface area contributed by atoms with Crippen LogP contribution in [-0.2, 0) is 20.1 Å². The molecule has 0 fully saturated rings. The van der Waals surface area contributed by atoms with Crippen molar-refractivity contribution < 1.29 is 9.50 Å². The number of aliphatic hydroxyl groups excluding tert-OH is 1. The standard InChI is InChI=1S/C15H19FN4O2/c1-10-7-11(16)3-4-12(10)13(21)8-19-5-6-20-14(9-19)17-18(2)15(20)22/h3-4,7,13,21H,5-6,8-9H2,1-2H3. The van der Waals surface area contributed by atoms with Gasteiger partial charge in [0.15, 0.2) is 0 Å². The van der Waals surface area contributed by atoms with Crippen LogP contribution in [0, 0.1) is 12.7 Å². The van der Waals surface area contributed by atoms with Crippen LogP contribution in [0.25, 0.3) is 0 Å². The highest BCUT2D eigenvalue weighted by Gasteiger charge is 2.23. The lowest BCUT2D eigenvalue weighted by Crippen LogP contribution is -2.39. The molecule has 0 aliphatic carbocycles. The Morgan fingerprint density at radius 1 is 1.41 bits per heavy atom. The van der Waals surface area contributed by atoms with Crippen LogP contribution in [0.3, 0.4) is 0 Å². The van der Waals surface area contributed by atoms with Crippen molar-refractivity contribution in [1.82, 2.24) is 19.2 Å². The van der Waals surface area contributed by atoms with Crippen molar-refractivity contribution in [3.63, 3.8) is 0 Å². The lowest BCUT2D eigenvalue weighted by Gasteiger charge is -2.28. The summed E-state index contributed by atoms with van der Waals surface area (Å²) in [6.07, 6.45) is -0.692. The first-order valence-electron chi connectivity index (χ1n) is 7.25. The summed E-state index contributed by atoms with van der Waals surface area (Å²) in [6.45, 7) is 3.98. The molecule has 0 saturated carbocycles. The van der Waals surface area contributed by atoms with Crippen molar-refractivity contribution in [2.45, 2.75) is 26.1 Å². The summed E-state index contributed by atoms with van der Waals surface area (Å²) < 4.78 is 16.1. The second kappa shape index (κ2) is 5.66. The monoisotopic (exact) mass is 306 g/mol. The number of halogens is 1. The lowest BCUT2D eigenvalue weighted by atomic mass is 10.0. The second-order valence-corrected chi connectivity index (χ2v) is 5.73. The molecule has 1 unspecified atom stereocenters. The molecule has 2 aromatic rings. The number of β-amino-alcohol motifs (C(OH)–C–C–N with tert-alkyl or cyclic N) is 1. The number of aromatic nitrogens is 3. The fraction of sp³-hybridized carbons (Fsp3) is 0.467. The molecule has 0 radical (unpaired) electrons. The van der Waals surface area contributed by atoms with Gasteiger partial charge in [0.2, 0.25) is 0 Å². The molecule has 7 heteroatoms. The fourth-order valence-electron chi connectivity index (χ4n) is 2.93. The van der Waals surface area contributed by atoms with Crippen LogP contribution in [0.15, 0.2) is 23.0 Å². The van der Waals surface area contributed by atoms with Crippen LogP contribution in [-0.4, -0.2) is 37.4 Å². The van der Waals surface area contributed by atoms with Gasteiger partial charge >= 0.3 is 5.69 Å². The maximum absolute atomic E-state index is 13.1. The molecule has 0 spiro atoms. The zero-order chi connectivity index (χ0) is 15.9. The van der Waals surface area contributed by atoms with Gasteiger partial charge in [-0.2, -0.15) is 5.10 Å². The molecule has 0 bridgehead atoms. The Labute approximate surface area is 127 Å². The number of fused-ring (bicyclic) bond motifs is 1. The lowest BCUT2D eigenvalue weighted by molar-refractivity contribution is 0.0954. The van der Waals surface area contributed by atoms with Gasteiger partial charge in [0.05, 0.1) is 12.6 Å². The Morgan fingerprint density at radius 3 is 2.91 bits per heavy atom. The van der Waals surface area contributed by atoms with Gasteiger partial charge in [-0.3, -0.25) is 9.47 Å². The normalized spacial score (nSPS) is 16.5. The van der Waals surface area contributed by atoms with Gasteiger partial charge in [-0.25, -0.2) is 13.9 Å². The van der Waals surface area contributed by atoms with Crippen molar-refractivity contribution in [3.8, 4) is 0 Å². The average Bonchev–Trinajstić information content (AvgIpc) is 2.73. The number of benzene rings is 1. The third-order valence-corrected chi connectivity index (χ3v) is 4.11. The molecule has 6 nitrogen and oxygen atoms in total. The Morgan fingerprint density at radius 2 is 2.18 bits per heavy atom. The van der Waals surface area contributed by atoms with E-state index in [-0.39, 0.29) is 11.5 Å². The van der Waals surface area contributed by atoms with E-state index in [1.165, 1.54) is 16.8 Å². The van der Waals surface area contributed by atoms with Crippen LogP contribution in [0.4, 0.5) is 4.39 Å². The molecular formula is C15H19FN4O2. The van der Waals surface area contributed by atoms with Crippen molar-refractivity contribution in [2.24, 2.45) is 7.05 Å². The fourth-order valence-corrected chi connectivity index (χ4v) is 2.93. The Kier molecular flexibility index (Phi) is 3.84. The van der Waals surface area contributed by atoms with Crippen LogP contribution < -0.4 is 5.69 Å². The largest absolute Gasteiger partial charge is 0.387 e. The van der Waals surface area contributed by atoms with Crippen LogP contribution in [0.1, 0.15) is 23.1 Å². The summed E-state index contributed by atoms with van der Waals surface area (Å²) in [7, 11) is 1.63. The number of nitrogens with zero attached hydrogens (tertiary/aromatic N) is 4. The van der Waals surface area contributed by atoms with Crippen LogP contribution in [0.2, 0.25) is 0 Å². The number of rotatable bonds is 3. The van der Waals surface area contributed by atoms with Gasteiger partial charge in [-0.15, -0.1) is 0 Å². The van der Waals surface area contributed by atoms with Crippen LogP contribution >= 0.6 is 0 Å². The van der Waals surface area contributed by atoms with Gasteiger partial charge < -0.3 is 5.11 Å². The zero-order valence-electron chi connectivity index (χ0n) is 12.7. The molecular weight excluding hydrogens is 287 g/mol. The highest BCUT2D eigenvalue weighted by Crippen LogP contribution is 2.21. The third kappa shape index (κ3) is 2.69. The molecule has 2 heterocycles. The van der Waals surface area contributed by atoms with Crippen LogP contribution in [0.5, 0.6) is 0 Å². The van der Waals surface area contributed by atoms with E-state index >= 15 is 0 Å². The number of hydrogen-bond acceptors (Lipinski definition) is 4. The summed E-state index contributed by atoms with van der Waals surface area (Å²) in [5.41, 5.74) is 1.36.